The molecule has 0 bridgehead atoms. The van der Waals surface area contributed by atoms with Crippen LogP contribution in [0, 0.1) is 20.8 Å². The summed E-state index contributed by atoms with van der Waals surface area (Å²) in [6.07, 6.45) is 1.05. The van der Waals surface area contributed by atoms with Crippen molar-refractivity contribution in [2.45, 2.75) is 32.9 Å². The Morgan fingerprint density at radius 2 is 1.03 bits per heavy atom. The van der Waals surface area contributed by atoms with Gasteiger partial charge in [-0.3, -0.25) is 0 Å². The number of benzene rings is 4. The molecule has 0 N–H and O–H groups in total. The van der Waals surface area contributed by atoms with Crippen molar-refractivity contribution < 1.29 is 0 Å². The third-order valence-corrected chi connectivity index (χ3v) is 8.62. The Labute approximate surface area is 182 Å². The van der Waals surface area contributed by atoms with Gasteiger partial charge in [-0.1, -0.05) is 109 Å². The summed E-state index contributed by atoms with van der Waals surface area (Å²) in [4.78, 5) is 0. The van der Waals surface area contributed by atoms with Gasteiger partial charge >= 0.3 is 0 Å². The molecule has 0 radical (unpaired) electrons. The van der Waals surface area contributed by atoms with Crippen molar-refractivity contribution in [1.29, 1.82) is 0 Å². The van der Waals surface area contributed by atoms with Crippen LogP contribution in [0.15, 0.2) is 103 Å². The van der Waals surface area contributed by atoms with Gasteiger partial charge in [0.25, 0.3) is 0 Å². The lowest BCUT2D eigenvalue weighted by Gasteiger charge is -2.30. The lowest BCUT2D eigenvalue weighted by molar-refractivity contribution is 0.904. The molecule has 0 aliphatic heterocycles. The highest BCUT2D eigenvalue weighted by Crippen LogP contribution is 2.51. The van der Waals surface area contributed by atoms with Crippen LogP contribution in [-0.2, 0) is 6.42 Å². The Morgan fingerprint density at radius 1 is 0.600 bits per heavy atom. The highest BCUT2D eigenvalue weighted by Gasteiger charge is 2.27. The van der Waals surface area contributed by atoms with Crippen molar-refractivity contribution in [3.05, 3.63) is 131 Å². The van der Waals surface area contributed by atoms with Crippen LogP contribution in [0.25, 0.3) is 0 Å². The molecule has 150 valence electrons. The molecule has 4 rings (SSSR count). The van der Waals surface area contributed by atoms with Crippen LogP contribution in [0.4, 0.5) is 0 Å². The molecule has 0 aliphatic carbocycles. The van der Waals surface area contributed by atoms with Crippen LogP contribution in [0.5, 0.6) is 0 Å². The second kappa shape index (κ2) is 9.41. The van der Waals surface area contributed by atoms with Crippen molar-refractivity contribution in [3.63, 3.8) is 0 Å². The molecule has 4 aromatic rings. The maximum Gasteiger partial charge on any atom is 0.0163 e. The first-order chi connectivity index (χ1) is 14.6. The summed E-state index contributed by atoms with van der Waals surface area (Å²) < 4.78 is 0. The monoisotopic (exact) mass is 408 g/mol. The van der Waals surface area contributed by atoms with Crippen LogP contribution in [-0.4, -0.2) is 0 Å². The summed E-state index contributed by atoms with van der Waals surface area (Å²) in [7, 11) is -0.547. The summed E-state index contributed by atoms with van der Waals surface area (Å²) in [5.41, 5.74) is 7.50. The molecule has 0 saturated heterocycles. The van der Waals surface area contributed by atoms with Crippen molar-refractivity contribution in [3.8, 4) is 0 Å². The van der Waals surface area contributed by atoms with Gasteiger partial charge in [-0.2, -0.15) is 0 Å². The third kappa shape index (κ3) is 4.55. The molecular formula is C29H29P. The average molecular weight is 409 g/mol. The molecule has 1 heteroatoms. The smallest absolute Gasteiger partial charge is 0.0163 e. The molecule has 0 aromatic heterocycles. The van der Waals surface area contributed by atoms with Gasteiger partial charge in [-0.15, -0.1) is 0 Å². The summed E-state index contributed by atoms with van der Waals surface area (Å²) in [5, 5.41) is 2.88. The van der Waals surface area contributed by atoms with E-state index in [0.717, 1.165) is 6.42 Å². The number of hydrogen-bond acceptors (Lipinski definition) is 0. The molecule has 30 heavy (non-hydrogen) atoms. The highest BCUT2D eigenvalue weighted by atomic mass is 31.1. The molecule has 4 aromatic carbocycles. The first kappa shape index (κ1) is 20.6. The van der Waals surface area contributed by atoms with Gasteiger partial charge in [0, 0.05) is 5.66 Å². The molecule has 1 atom stereocenters. The molecule has 0 heterocycles. The number of aryl methyl sites for hydroxylation is 3. The second-order valence-corrected chi connectivity index (χ2v) is 10.4. The summed E-state index contributed by atoms with van der Waals surface area (Å²) in [6.45, 7) is 6.73. The van der Waals surface area contributed by atoms with E-state index < -0.39 is 7.92 Å². The molecule has 0 amide bonds. The molecule has 0 nitrogen and oxygen atoms in total. The van der Waals surface area contributed by atoms with Crippen molar-refractivity contribution in [2.75, 3.05) is 0 Å². The maximum atomic E-state index is 2.33. The zero-order valence-corrected chi connectivity index (χ0v) is 18.9. The lowest BCUT2D eigenvalue weighted by Crippen LogP contribution is -2.19. The lowest BCUT2D eigenvalue weighted by atomic mass is 9.94. The molecular weight excluding hydrogens is 379 g/mol. The zero-order chi connectivity index (χ0) is 20.9. The van der Waals surface area contributed by atoms with Crippen molar-refractivity contribution >= 4 is 18.5 Å². The quantitative estimate of drug-likeness (QED) is 0.301. The van der Waals surface area contributed by atoms with Crippen molar-refractivity contribution in [2.24, 2.45) is 0 Å². The van der Waals surface area contributed by atoms with Gasteiger partial charge in [-0.25, -0.2) is 0 Å². The first-order valence-corrected chi connectivity index (χ1v) is 12.1. The fourth-order valence-corrected chi connectivity index (χ4v) is 7.28. The Kier molecular flexibility index (Phi) is 6.46. The zero-order valence-electron chi connectivity index (χ0n) is 18.0. The van der Waals surface area contributed by atoms with E-state index in [0.29, 0.717) is 5.66 Å². The molecule has 0 saturated carbocycles. The number of hydrogen-bond donors (Lipinski definition) is 0. The SMILES string of the molecule is Cc1cc(C)c(CC(c2ccccc2)P(c2ccccc2)c2ccccc2)c(C)c1. The van der Waals surface area contributed by atoms with Gasteiger partial charge in [0.1, 0.15) is 0 Å². The van der Waals surface area contributed by atoms with Crippen LogP contribution < -0.4 is 10.6 Å². The average Bonchev–Trinajstić information content (AvgIpc) is 2.77. The molecule has 0 aliphatic rings. The van der Waals surface area contributed by atoms with Crippen LogP contribution in [0.1, 0.15) is 33.5 Å². The Morgan fingerprint density at radius 3 is 1.50 bits per heavy atom. The minimum atomic E-state index is -0.547. The van der Waals surface area contributed by atoms with Crippen LogP contribution >= 0.6 is 7.92 Å². The van der Waals surface area contributed by atoms with Crippen molar-refractivity contribution in [1.82, 2.24) is 0 Å². The topological polar surface area (TPSA) is 0 Å². The van der Waals surface area contributed by atoms with E-state index >= 15 is 0 Å². The standard InChI is InChI=1S/C29H29P/c1-22-19-23(2)28(24(3)20-22)21-29(25-13-7-4-8-14-25)30(26-15-9-5-10-16-26)27-17-11-6-12-18-27/h4-20,29H,21H2,1-3H3. The highest BCUT2D eigenvalue weighted by molar-refractivity contribution is 7.73. The van der Waals surface area contributed by atoms with Gasteiger partial charge in [0.15, 0.2) is 0 Å². The van der Waals surface area contributed by atoms with E-state index in [4.69, 9.17) is 0 Å². The van der Waals surface area contributed by atoms with Crippen LogP contribution in [0.3, 0.4) is 0 Å². The molecule has 0 fully saturated rings. The third-order valence-electron chi connectivity index (χ3n) is 5.80. The number of rotatable bonds is 6. The fourth-order valence-electron chi connectivity index (χ4n) is 4.44. The van der Waals surface area contributed by atoms with E-state index in [-0.39, 0.29) is 0 Å². The summed E-state index contributed by atoms with van der Waals surface area (Å²) in [6, 6.07) is 38.0. The van der Waals surface area contributed by atoms with Gasteiger partial charge in [0.05, 0.1) is 0 Å². The van der Waals surface area contributed by atoms with E-state index in [2.05, 4.69) is 124 Å². The van der Waals surface area contributed by atoms with E-state index in [9.17, 15) is 0 Å². The Hall–Kier alpha value is -2.69. The van der Waals surface area contributed by atoms with E-state index in [1.54, 1.807) is 0 Å². The minimum absolute atomic E-state index is 0.422. The second-order valence-electron chi connectivity index (χ2n) is 8.05. The largest absolute Gasteiger partial charge is 0.0622 e. The normalized spacial score (nSPS) is 12.1. The predicted molar refractivity (Wildman–Crippen MR) is 133 cm³/mol. The van der Waals surface area contributed by atoms with Gasteiger partial charge in [0.2, 0.25) is 0 Å². The molecule has 1 unspecified atom stereocenters. The van der Waals surface area contributed by atoms with Gasteiger partial charge in [-0.05, 0) is 68.0 Å². The molecule has 0 spiro atoms. The Bertz CT molecular complexity index is 1020. The first-order valence-electron chi connectivity index (χ1n) is 10.6. The maximum absolute atomic E-state index is 2.33. The predicted octanol–water partition coefficient (Wildman–Crippen LogP) is 7.03. The minimum Gasteiger partial charge on any atom is -0.0622 e. The fraction of sp³-hybridized carbons (Fsp3) is 0.172. The summed E-state index contributed by atoms with van der Waals surface area (Å²) in [5.74, 6) is 0. The Balaban J connectivity index is 1.88. The van der Waals surface area contributed by atoms with E-state index in [1.807, 2.05) is 0 Å². The summed E-state index contributed by atoms with van der Waals surface area (Å²) >= 11 is 0. The van der Waals surface area contributed by atoms with Crippen LogP contribution in [0.2, 0.25) is 0 Å². The van der Waals surface area contributed by atoms with Gasteiger partial charge < -0.3 is 0 Å². The van der Waals surface area contributed by atoms with E-state index in [1.165, 1.54) is 38.4 Å².